The van der Waals surface area contributed by atoms with Gasteiger partial charge in [0, 0.05) is 27.4 Å². The van der Waals surface area contributed by atoms with Crippen LogP contribution in [-0.4, -0.2) is 43.9 Å². The molecule has 1 unspecified atom stereocenters. The van der Waals surface area contributed by atoms with Gasteiger partial charge in [0.1, 0.15) is 0 Å². The van der Waals surface area contributed by atoms with E-state index in [0.717, 1.165) is 4.47 Å². The second kappa shape index (κ2) is 6.53. The number of hydrogen-bond acceptors (Lipinski definition) is 3. The molecule has 1 fully saturated rings. The smallest absolute Gasteiger partial charge is 0.244 e. The lowest BCUT2D eigenvalue weighted by atomic mass is 10.3. The summed E-state index contributed by atoms with van der Waals surface area (Å²) < 4.78 is 33.5. The summed E-state index contributed by atoms with van der Waals surface area (Å²) in [5.74, 6) is 0. The summed E-state index contributed by atoms with van der Waals surface area (Å²) in [6.45, 7) is 1.17. The third-order valence-electron chi connectivity index (χ3n) is 2.78. The first-order valence-electron chi connectivity index (χ1n) is 5.58. The van der Waals surface area contributed by atoms with E-state index in [9.17, 15) is 8.42 Å². The number of ether oxygens (including phenoxy) is 1. The minimum absolute atomic E-state index is 0.102. The molecule has 0 radical (unpaired) electrons. The molecule has 1 aromatic carbocycles. The predicted molar refractivity (Wildman–Crippen MR) is 84.1 cm³/mol. The van der Waals surface area contributed by atoms with Crippen LogP contribution in [0.1, 0.15) is 0 Å². The Hall–Kier alpha value is 0.530. The number of nitrogens with zero attached hydrogens (tertiary/aromatic N) is 1. The number of rotatable bonds is 3. The van der Waals surface area contributed by atoms with Crippen LogP contribution < -0.4 is 0 Å². The molecule has 8 heteroatoms. The Labute approximate surface area is 137 Å². The van der Waals surface area contributed by atoms with Crippen LogP contribution in [0.4, 0.5) is 0 Å². The van der Waals surface area contributed by atoms with Crippen molar-refractivity contribution in [2.45, 2.75) is 11.0 Å². The van der Waals surface area contributed by atoms with Gasteiger partial charge in [-0.1, -0.05) is 31.9 Å². The summed E-state index contributed by atoms with van der Waals surface area (Å²) in [4.78, 5) is 0.275. The van der Waals surface area contributed by atoms with E-state index in [1.165, 1.54) is 4.31 Å². The van der Waals surface area contributed by atoms with Crippen molar-refractivity contribution in [1.82, 2.24) is 4.31 Å². The van der Waals surface area contributed by atoms with Crippen LogP contribution in [0.5, 0.6) is 0 Å². The van der Waals surface area contributed by atoms with Gasteiger partial charge in [0.2, 0.25) is 10.0 Å². The third-order valence-corrected chi connectivity index (χ3v) is 6.86. The molecule has 1 aromatic rings. The van der Waals surface area contributed by atoms with Gasteiger partial charge in [-0.05, 0) is 34.1 Å². The topological polar surface area (TPSA) is 46.6 Å². The maximum Gasteiger partial charge on any atom is 0.244 e. The van der Waals surface area contributed by atoms with Crippen molar-refractivity contribution in [3.8, 4) is 0 Å². The maximum atomic E-state index is 12.6. The zero-order chi connectivity index (χ0) is 14.0. The second-order valence-electron chi connectivity index (χ2n) is 4.08. The van der Waals surface area contributed by atoms with Gasteiger partial charge in [0.15, 0.2) is 0 Å². The van der Waals surface area contributed by atoms with Crippen LogP contribution in [0.3, 0.4) is 0 Å². The first-order valence-corrected chi connectivity index (χ1v) is 9.72. The van der Waals surface area contributed by atoms with Crippen LogP contribution in [-0.2, 0) is 14.8 Å². The molecule has 0 saturated carbocycles. The molecule has 19 heavy (non-hydrogen) atoms. The molecule has 1 aliphatic rings. The summed E-state index contributed by atoms with van der Waals surface area (Å²) in [5.41, 5.74) is 0. The Morgan fingerprint density at radius 2 is 2.11 bits per heavy atom. The van der Waals surface area contributed by atoms with Crippen molar-refractivity contribution in [1.29, 1.82) is 0 Å². The zero-order valence-electron chi connectivity index (χ0n) is 9.85. The lowest BCUT2D eigenvalue weighted by Gasteiger charge is -2.31. The SMILES string of the molecule is O=S(=O)(c1cc(Br)ccc1Br)N1CCOC(CBr)C1. The van der Waals surface area contributed by atoms with Crippen LogP contribution in [0.2, 0.25) is 0 Å². The molecule has 0 aromatic heterocycles. The summed E-state index contributed by atoms with van der Waals surface area (Å²) in [7, 11) is -3.50. The quantitative estimate of drug-likeness (QED) is 0.629. The predicted octanol–water partition coefficient (Wildman–Crippen LogP) is 3.00. The molecule has 0 spiro atoms. The van der Waals surface area contributed by atoms with Crippen LogP contribution in [0.15, 0.2) is 32.0 Å². The molecule has 1 aliphatic heterocycles. The van der Waals surface area contributed by atoms with Crippen molar-refractivity contribution < 1.29 is 13.2 Å². The van der Waals surface area contributed by atoms with E-state index in [0.29, 0.717) is 29.5 Å². The monoisotopic (exact) mass is 475 g/mol. The molecule has 0 amide bonds. The highest BCUT2D eigenvalue weighted by molar-refractivity contribution is 9.11. The van der Waals surface area contributed by atoms with Gasteiger partial charge in [0.05, 0.1) is 17.6 Å². The minimum atomic E-state index is -3.50. The van der Waals surface area contributed by atoms with Crippen LogP contribution in [0, 0.1) is 0 Å². The third kappa shape index (κ3) is 3.59. The molecule has 1 saturated heterocycles. The average molecular weight is 478 g/mol. The van der Waals surface area contributed by atoms with Crippen molar-refractivity contribution in [2.75, 3.05) is 25.0 Å². The van der Waals surface area contributed by atoms with Crippen molar-refractivity contribution >= 4 is 57.8 Å². The van der Waals surface area contributed by atoms with E-state index in [-0.39, 0.29) is 11.0 Å². The molecular formula is C11H12Br3NO3S. The van der Waals surface area contributed by atoms with Gasteiger partial charge < -0.3 is 4.74 Å². The Morgan fingerprint density at radius 3 is 2.79 bits per heavy atom. The Bertz CT molecular complexity index is 564. The van der Waals surface area contributed by atoms with Gasteiger partial charge >= 0.3 is 0 Å². The molecular weight excluding hydrogens is 466 g/mol. The Balaban J connectivity index is 2.34. The molecule has 1 atom stereocenters. The fourth-order valence-electron chi connectivity index (χ4n) is 1.82. The fraction of sp³-hybridized carbons (Fsp3) is 0.455. The first kappa shape index (κ1) is 15.9. The molecule has 106 valence electrons. The summed E-state index contributed by atoms with van der Waals surface area (Å²) >= 11 is 9.92. The highest BCUT2D eigenvalue weighted by Gasteiger charge is 2.31. The van der Waals surface area contributed by atoms with E-state index in [2.05, 4.69) is 47.8 Å². The Morgan fingerprint density at radius 1 is 1.37 bits per heavy atom. The van der Waals surface area contributed by atoms with Gasteiger partial charge in [0.25, 0.3) is 0 Å². The van der Waals surface area contributed by atoms with E-state index in [1.54, 1.807) is 18.2 Å². The normalized spacial score (nSPS) is 21.5. The van der Waals surface area contributed by atoms with E-state index >= 15 is 0 Å². The number of hydrogen-bond donors (Lipinski definition) is 0. The standard InChI is InChI=1S/C11H12Br3NO3S/c12-6-9-7-15(3-4-18-9)19(16,17)11-5-8(13)1-2-10(11)14/h1-2,5,9H,3-4,6-7H2. The van der Waals surface area contributed by atoms with Gasteiger partial charge in [-0.15, -0.1) is 0 Å². The van der Waals surface area contributed by atoms with Crippen LogP contribution >= 0.6 is 47.8 Å². The average Bonchev–Trinajstić information content (AvgIpc) is 2.41. The van der Waals surface area contributed by atoms with Crippen LogP contribution in [0.25, 0.3) is 0 Å². The molecule has 0 bridgehead atoms. The van der Waals surface area contributed by atoms with E-state index in [4.69, 9.17) is 4.74 Å². The maximum absolute atomic E-state index is 12.6. The molecule has 1 heterocycles. The summed E-state index contributed by atoms with van der Waals surface area (Å²) in [6, 6.07) is 5.13. The number of alkyl halides is 1. The number of benzene rings is 1. The lowest BCUT2D eigenvalue weighted by molar-refractivity contribution is 0.0136. The van der Waals surface area contributed by atoms with Crippen molar-refractivity contribution in [3.05, 3.63) is 27.1 Å². The van der Waals surface area contributed by atoms with Gasteiger partial charge in [-0.25, -0.2) is 8.42 Å². The lowest BCUT2D eigenvalue weighted by Crippen LogP contribution is -2.46. The molecule has 4 nitrogen and oxygen atoms in total. The number of sulfonamides is 1. The minimum Gasteiger partial charge on any atom is -0.375 e. The highest BCUT2D eigenvalue weighted by atomic mass is 79.9. The zero-order valence-corrected chi connectivity index (χ0v) is 15.4. The van der Waals surface area contributed by atoms with Crippen molar-refractivity contribution in [3.63, 3.8) is 0 Å². The number of halogens is 3. The van der Waals surface area contributed by atoms with E-state index in [1.807, 2.05) is 0 Å². The van der Waals surface area contributed by atoms with Crippen molar-refractivity contribution in [2.24, 2.45) is 0 Å². The van der Waals surface area contributed by atoms with Gasteiger partial charge in [-0.2, -0.15) is 4.31 Å². The highest BCUT2D eigenvalue weighted by Crippen LogP contribution is 2.29. The largest absolute Gasteiger partial charge is 0.375 e. The summed E-state index contributed by atoms with van der Waals surface area (Å²) in [6.07, 6.45) is -0.102. The van der Waals surface area contributed by atoms with E-state index < -0.39 is 10.0 Å². The summed E-state index contributed by atoms with van der Waals surface area (Å²) in [5, 5.41) is 0.624. The first-order chi connectivity index (χ1) is 8.95. The second-order valence-corrected chi connectivity index (χ2v) is 8.41. The molecule has 2 rings (SSSR count). The molecule has 0 N–H and O–H groups in total. The fourth-order valence-corrected chi connectivity index (χ4v) is 5.13. The molecule has 0 aliphatic carbocycles. The van der Waals surface area contributed by atoms with Gasteiger partial charge in [-0.3, -0.25) is 0 Å². The number of morpholine rings is 1. The Kier molecular flexibility index (Phi) is 5.47.